The molecule has 2 rings (SSSR count). The first-order valence-electron chi connectivity index (χ1n) is 3.17. The number of phenolic OH excluding ortho intramolecular Hbond substituents is 1. The van der Waals surface area contributed by atoms with Crippen LogP contribution >= 0.6 is 0 Å². The smallest absolute Gasteiger partial charge is 0.119 e. The number of fused-ring (bicyclic) bond motifs is 1. The van der Waals surface area contributed by atoms with E-state index in [1.807, 2.05) is 6.07 Å². The summed E-state index contributed by atoms with van der Waals surface area (Å²) in [6, 6.07) is 5.71. The van der Waals surface area contributed by atoms with Gasteiger partial charge in [-0.2, -0.15) is 0 Å². The summed E-state index contributed by atoms with van der Waals surface area (Å²) in [4.78, 5) is 0. The predicted octanol–water partition coefficient (Wildman–Crippen LogP) is 1.49. The molecule has 0 saturated heterocycles. The van der Waals surface area contributed by atoms with Crippen LogP contribution in [0.3, 0.4) is 0 Å². The average molecular weight is 120 g/mol. The zero-order chi connectivity index (χ0) is 6.27. The SMILES string of the molecule is Oc1cccc2c1CC2. The second kappa shape index (κ2) is 1.50. The monoisotopic (exact) mass is 120 g/mol. The molecule has 0 atom stereocenters. The number of rotatable bonds is 0. The van der Waals surface area contributed by atoms with Crippen LogP contribution in [0.25, 0.3) is 0 Å². The van der Waals surface area contributed by atoms with Crippen LogP contribution in [0, 0.1) is 0 Å². The van der Waals surface area contributed by atoms with Crippen molar-refractivity contribution in [2.45, 2.75) is 12.8 Å². The molecule has 0 fully saturated rings. The van der Waals surface area contributed by atoms with Crippen LogP contribution in [0.1, 0.15) is 11.1 Å². The van der Waals surface area contributed by atoms with Gasteiger partial charge in [0.15, 0.2) is 0 Å². The van der Waals surface area contributed by atoms with Crippen LogP contribution in [0.2, 0.25) is 0 Å². The second-order valence-corrected chi connectivity index (χ2v) is 2.41. The molecule has 0 radical (unpaired) electrons. The first-order valence-corrected chi connectivity index (χ1v) is 3.17. The van der Waals surface area contributed by atoms with Gasteiger partial charge < -0.3 is 5.11 Å². The van der Waals surface area contributed by atoms with Crippen LogP contribution in [0.5, 0.6) is 5.75 Å². The number of benzene rings is 1. The molecule has 0 aromatic heterocycles. The molecule has 0 amide bonds. The molecule has 0 unspecified atom stereocenters. The van der Waals surface area contributed by atoms with Crippen LogP contribution in [-0.2, 0) is 12.8 Å². The van der Waals surface area contributed by atoms with Gasteiger partial charge in [-0.15, -0.1) is 0 Å². The lowest BCUT2D eigenvalue weighted by Crippen LogP contribution is -2.07. The zero-order valence-electron chi connectivity index (χ0n) is 5.09. The summed E-state index contributed by atoms with van der Waals surface area (Å²) >= 11 is 0. The maximum atomic E-state index is 9.15. The summed E-state index contributed by atoms with van der Waals surface area (Å²) in [6.45, 7) is 0. The Morgan fingerprint density at radius 3 is 2.56 bits per heavy atom. The highest BCUT2D eigenvalue weighted by molar-refractivity contribution is 5.45. The molecule has 1 aliphatic carbocycles. The molecular weight excluding hydrogens is 112 g/mol. The largest absolute Gasteiger partial charge is 0.508 e. The van der Waals surface area contributed by atoms with Crippen molar-refractivity contribution in [3.05, 3.63) is 29.3 Å². The molecule has 0 heterocycles. The van der Waals surface area contributed by atoms with E-state index >= 15 is 0 Å². The van der Waals surface area contributed by atoms with E-state index < -0.39 is 0 Å². The highest BCUT2D eigenvalue weighted by atomic mass is 16.3. The van der Waals surface area contributed by atoms with E-state index in [1.165, 1.54) is 5.56 Å². The third-order valence-electron chi connectivity index (χ3n) is 1.89. The van der Waals surface area contributed by atoms with E-state index in [0.29, 0.717) is 5.75 Å². The second-order valence-electron chi connectivity index (χ2n) is 2.41. The van der Waals surface area contributed by atoms with Crippen molar-refractivity contribution in [2.75, 3.05) is 0 Å². The van der Waals surface area contributed by atoms with Crippen LogP contribution in [-0.4, -0.2) is 5.11 Å². The van der Waals surface area contributed by atoms with Gasteiger partial charge in [0, 0.05) is 0 Å². The molecular formula is C8H8O. The topological polar surface area (TPSA) is 20.2 Å². The van der Waals surface area contributed by atoms with E-state index in [2.05, 4.69) is 6.07 Å². The molecule has 0 bridgehead atoms. The minimum absolute atomic E-state index is 0.471. The quantitative estimate of drug-likeness (QED) is 0.550. The molecule has 1 heteroatoms. The van der Waals surface area contributed by atoms with Crippen molar-refractivity contribution in [3.63, 3.8) is 0 Å². The van der Waals surface area contributed by atoms with Gasteiger partial charge in [-0.1, -0.05) is 12.1 Å². The Balaban J connectivity index is 2.64. The first-order chi connectivity index (χ1) is 4.38. The molecule has 1 aromatic carbocycles. The standard InChI is InChI=1S/C8H8O/c9-8-3-1-2-6-4-5-7(6)8/h1-3,9H,4-5H2. The number of phenols is 1. The number of hydrogen-bond acceptors (Lipinski definition) is 1. The molecule has 1 aromatic rings. The summed E-state index contributed by atoms with van der Waals surface area (Å²) in [7, 11) is 0. The summed E-state index contributed by atoms with van der Waals surface area (Å²) < 4.78 is 0. The normalized spacial score (nSPS) is 14.2. The van der Waals surface area contributed by atoms with Gasteiger partial charge >= 0.3 is 0 Å². The molecule has 1 N–H and O–H groups in total. The number of hydrogen-bond donors (Lipinski definition) is 1. The summed E-state index contributed by atoms with van der Waals surface area (Å²) in [5.41, 5.74) is 2.47. The van der Waals surface area contributed by atoms with Gasteiger partial charge in [0.2, 0.25) is 0 Å². The highest BCUT2D eigenvalue weighted by Gasteiger charge is 2.14. The third-order valence-corrected chi connectivity index (χ3v) is 1.89. The Morgan fingerprint density at radius 2 is 2.11 bits per heavy atom. The fourth-order valence-electron chi connectivity index (χ4n) is 1.23. The Labute approximate surface area is 53.9 Å². The van der Waals surface area contributed by atoms with Crippen molar-refractivity contribution in [3.8, 4) is 5.75 Å². The summed E-state index contributed by atoms with van der Waals surface area (Å²) in [6.07, 6.45) is 2.20. The number of aryl methyl sites for hydroxylation is 1. The lowest BCUT2D eigenvalue weighted by atomic mass is 9.88. The maximum absolute atomic E-state index is 9.15. The van der Waals surface area contributed by atoms with E-state index in [1.54, 1.807) is 6.07 Å². The molecule has 1 aliphatic rings. The Kier molecular flexibility index (Phi) is 0.810. The van der Waals surface area contributed by atoms with Crippen LogP contribution in [0.15, 0.2) is 18.2 Å². The Morgan fingerprint density at radius 1 is 1.22 bits per heavy atom. The summed E-state index contributed by atoms with van der Waals surface area (Å²) in [5.74, 6) is 0.471. The number of aromatic hydroxyl groups is 1. The van der Waals surface area contributed by atoms with E-state index in [4.69, 9.17) is 5.11 Å². The van der Waals surface area contributed by atoms with Crippen LogP contribution in [0.4, 0.5) is 0 Å². The average Bonchev–Trinajstić information content (AvgIpc) is 1.74. The van der Waals surface area contributed by atoms with Crippen LogP contribution < -0.4 is 0 Å². The van der Waals surface area contributed by atoms with Crippen molar-refractivity contribution in [2.24, 2.45) is 0 Å². The zero-order valence-corrected chi connectivity index (χ0v) is 5.09. The molecule has 1 nitrogen and oxygen atoms in total. The predicted molar refractivity (Wildman–Crippen MR) is 35.5 cm³/mol. The lowest BCUT2D eigenvalue weighted by Gasteiger charge is -2.18. The Bertz CT molecular complexity index is 226. The fraction of sp³-hybridized carbons (Fsp3) is 0.250. The molecule has 0 saturated carbocycles. The third kappa shape index (κ3) is 0.545. The van der Waals surface area contributed by atoms with Gasteiger partial charge in [-0.05, 0) is 30.0 Å². The minimum Gasteiger partial charge on any atom is -0.508 e. The fourth-order valence-corrected chi connectivity index (χ4v) is 1.23. The van der Waals surface area contributed by atoms with Gasteiger partial charge in [0.05, 0.1) is 0 Å². The Hall–Kier alpha value is -0.980. The minimum atomic E-state index is 0.471. The molecule has 9 heavy (non-hydrogen) atoms. The van der Waals surface area contributed by atoms with Crippen molar-refractivity contribution < 1.29 is 5.11 Å². The van der Waals surface area contributed by atoms with E-state index in [-0.39, 0.29) is 0 Å². The van der Waals surface area contributed by atoms with E-state index in [0.717, 1.165) is 18.4 Å². The van der Waals surface area contributed by atoms with Gasteiger partial charge in [0.1, 0.15) is 5.75 Å². The summed E-state index contributed by atoms with van der Waals surface area (Å²) in [5, 5.41) is 9.15. The maximum Gasteiger partial charge on any atom is 0.119 e. The van der Waals surface area contributed by atoms with Gasteiger partial charge in [-0.3, -0.25) is 0 Å². The van der Waals surface area contributed by atoms with Crippen molar-refractivity contribution >= 4 is 0 Å². The van der Waals surface area contributed by atoms with Crippen molar-refractivity contribution in [1.29, 1.82) is 0 Å². The first kappa shape index (κ1) is 4.86. The molecule has 46 valence electrons. The van der Waals surface area contributed by atoms with E-state index in [9.17, 15) is 0 Å². The lowest BCUT2D eigenvalue weighted by molar-refractivity contribution is 0.461. The molecule has 0 spiro atoms. The van der Waals surface area contributed by atoms with Gasteiger partial charge in [-0.25, -0.2) is 0 Å². The van der Waals surface area contributed by atoms with Crippen molar-refractivity contribution in [1.82, 2.24) is 0 Å². The van der Waals surface area contributed by atoms with Gasteiger partial charge in [0.25, 0.3) is 0 Å². The molecule has 0 aliphatic heterocycles. The highest BCUT2D eigenvalue weighted by Crippen LogP contribution is 2.30.